The second kappa shape index (κ2) is 4.86. The van der Waals surface area contributed by atoms with Gasteiger partial charge in [-0.3, -0.25) is 0 Å². The number of aryl methyl sites for hydroxylation is 1. The molecule has 94 valence electrons. The molecule has 1 aromatic heterocycles. The smallest absolute Gasteiger partial charge is 0.199 e. The molecule has 1 aliphatic rings. The van der Waals surface area contributed by atoms with Gasteiger partial charge in [0.05, 0.1) is 12.1 Å². The van der Waals surface area contributed by atoms with E-state index in [4.69, 9.17) is 10.2 Å². The number of hydrogen-bond donors (Lipinski definition) is 1. The summed E-state index contributed by atoms with van der Waals surface area (Å²) in [6, 6.07) is 8.39. The third-order valence-electron chi connectivity index (χ3n) is 3.32. The average molecular weight is 307 g/mol. The van der Waals surface area contributed by atoms with Crippen molar-refractivity contribution in [3.8, 4) is 0 Å². The van der Waals surface area contributed by atoms with E-state index in [2.05, 4.69) is 27.0 Å². The molecule has 2 aromatic rings. The van der Waals surface area contributed by atoms with Crippen LogP contribution in [0.2, 0.25) is 0 Å². The van der Waals surface area contributed by atoms with Crippen molar-refractivity contribution in [1.82, 2.24) is 4.98 Å². The molecule has 18 heavy (non-hydrogen) atoms. The summed E-state index contributed by atoms with van der Waals surface area (Å²) in [7, 11) is 0. The van der Waals surface area contributed by atoms with Gasteiger partial charge >= 0.3 is 0 Å². The van der Waals surface area contributed by atoms with E-state index in [9.17, 15) is 0 Å². The summed E-state index contributed by atoms with van der Waals surface area (Å²) >= 11 is 3.55. The fourth-order valence-electron chi connectivity index (χ4n) is 2.34. The van der Waals surface area contributed by atoms with Gasteiger partial charge in [0, 0.05) is 23.4 Å². The molecule has 0 spiro atoms. The molecule has 3 nitrogen and oxygen atoms in total. The van der Waals surface area contributed by atoms with Crippen molar-refractivity contribution in [3.63, 3.8) is 0 Å². The summed E-state index contributed by atoms with van der Waals surface area (Å²) < 4.78 is 6.92. The van der Waals surface area contributed by atoms with E-state index < -0.39 is 0 Å². The average Bonchev–Trinajstić information content (AvgIpc) is 2.73. The molecular weight excluding hydrogens is 292 g/mol. The highest BCUT2D eigenvalue weighted by Crippen LogP contribution is 2.24. The van der Waals surface area contributed by atoms with Gasteiger partial charge in [0.25, 0.3) is 0 Å². The second-order valence-corrected chi connectivity index (χ2v) is 5.60. The first-order valence-corrected chi connectivity index (χ1v) is 6.98. The second-order valence-electron chi connectivity index (χ2n) is 4.75. The molecule has 0 radical (unpaired) electrons. The highest BCUT2D eigenvalue weighted by molar-refractivity contribution is 9.10. The Labute approximate surface area is 115 Å². The van der Waals surface area contributed by atoms with Gasteiger partial charge in [0.1, 0.15) is 5.76 Å². The van der Waals surface area contributed by atoms with Crippen LogP contribution >= 0.6 is 15.9 Å². The van der Waals surface area contributed by atoms with Gasteiger partial charge in [-0.25, -0.2) is 4.98 Å². The maximum Gasteiger partial charge on any atom is 0.199 e. The minimum Gasteiger partial charge on any atom is -0.445 e. The number of nitrogens with zero attached hydrogens (tertiary/aromatic N) is 1. The van der Waals surface area contributed by atoms with E-state index in [0.29, 0.717) is 0 Å². The van der Waals surface area contributed by atoms with Crippen LogP contribution in [0.15, 0.2) is 33.2 Å². The Balaban J connectivity index is 1.84. The summed E-state index contributed by atoms with van der Waals surface area (Å²) in [5, 5.41) is 0. The molecule has 0 aliphatic heterocycles. The van der Waals surface area contributed by atoms with Gasteiger partial charge in [-0.1, -0.05) is 34.1 Å². The minimum absolute atomic E-state index is 0.235. The number of fused-ring (bicyclic) bond motifs is 1. The zero-order valence-electron chi connectivity index (χ0n) is 10.0. The SMILES string of the molecule is NC1CCc2oc(Cc3ccccc3Br)nc2C1. The molecule has 0 fully saturated rings. The fourth-order valence-corrected chi connectivity index (χ4v) is 2.76. The predicted molar refractivity (Wildman–Crippen MR) is 73.5 cm³/mol. The molecule has 0 saturated heterocycles. The standard InChI is InChI=1S/C14H15BrN2O/c15-11-4-2-1-3-9(11)7-14-17-12-8-10(16)5-6-13(12)18-14/h1-4,10H,5-8,16H2. The normalized spacial score (nSPS) is 18.7. The number of oxazole rings is 1. The van der Waals surface area contributed by atoms with Crippen molar-refractivity contribution in [1.29, 1.82) is 0 Å². The summed E-state index contributed by atoms with van der Waals surface area (Å²) in [6.07, 6.45) is 3.48. The van der Waals surface area contributed by atoms with E-state index in [1.54, 1.807) is 0 Å². The first-order valence-electron chi connectivity index (χ1n) is 6.19. The van der Waals surface area contributed by atoms with Crippen LogP contribution in [0.3, 0.4) is 0 Å². The molecule has 1 aromatic carbocycles. The molecule has 1 atom stereocenters. The van der Waals surface area contributed by atoms with Crippen LogP contribution in [0.25, 0.3) is 0 Å². The van der Waals surface area contributed by atoms with Gasteiger partial charge in [0.2, 0.25) is 0 Å². The molecule has 0 bridgehead atoms. The molecular formula is C14H15BrN2O. The Morgan fingerprint density at radius 3 is 3.06 bits per heavy atom. The largest absolute Gasteiger partial charge is 0.445 e. The predicted octanol–water partition coefficient (Wildman–Crippen LogP) is 2.84. The molecule has 0 amide bonds. The van der Waals surface area contributed by atoms with Gasteiger partial charge < -0.3 is 10.2 Å². The lowest BCUT2D eigenvalue weighted by Gasteiger charge is -2.14. The Hall–Kier alpha value is -1.13. The summed E-state index contributed by atoms with van der Waals surface area (Å²) in [5.74, 6) is 1.82. The maximum atomic E-state index is 5.95. The van der Waals surface area contributed by atoms with Crippen LogP contribution in [0.1, 0.15) is 29.3 Å². The Morgan fingerprint density at radius 1 is 1.39 bits per heavy atom. The molecule has 1 aliphatic carbocycles. The highest BCUT2D eigenvalue weighted by Gasteiger charge is 2.21. The Morgan fingerprint density at radius 2 is 2.22 bits per heavy atom. The lowest BCUT2D eigenvalue weighted by Crippen LogP contribution is -2.27. The van der Waals surface area contributed by atoms with Crippen molar-refractivity contribution in [2.75, 3.05) is 0 Å². The van der Waals surface area contributed by atoms with Crippen LogP contribution < -0.4 is 5.73 Å². The van der Waals surface area contributed by atoms with Crippen molar-refractivity contribution in [3.05, 3.63) is 51.6 Å². The molecule has 4 heteroatoms. The summed E-state index contributed by atoms with van der Waals surface area (Å²) in [6.45, 7) is 0. The number of benzene rings is 1. The van der Waals surface area contributed by atoms with Crippen LogP contribution in [-0.4, -0.2) is 11.0 Å². The van der Waals surface area contributed by atoms with Crippen LogP contribution in [0.4, 0.5) is 0 Å². The number of halogens is 1. The third-order valence-corrected chi connectivity index (χ3v) is 4.09. The van der Waals surface area contributed by atoms with Gasteiger partial charge in [-0.2, -0.15) is 0 Å². The number of nitrogens with two attached hydrogens (primary N) is 1. The number of rotatable bonds is 2. The molecule has 1 unspecified atom stereocenters. The fraction of sp³-hybridized carbons (Fsp3) is 0.357. The topological polar surface area (TPSA) is 52.0 Å². The van der Waals surface area contributed by atoms with Crippen LogP contribution in [-0.2, 0) is 19.3 Å². The van der Waals surface area contributed by atoms with E-state index in [1.807, 2.05) is 18.2 Å². The zero-order valence-corrected chi connectivity index (χ0v) is 11.6. The monoisotopic (exact) mass is 306 g/mol. The summed E-state index contributed by atoms with van der Waals surface area (Å²) in [4.78, 5) is 4.57. The Kier molecular flexibility index (Phi) is 3.22. The van der Waals surface area contributed by atoms with Crippen molar-refractivity contribution >= 4 is 15.9 Å². The van der Waals surface area contributed by atoms with Crippen LogP contribution in [0.5, 0.6) is 0 Å². The van der Waals surface area contributed by atoms with Crippen molar-refractivity contribution in [2.24, 2.45) is 5.73 Å². The first-order chi connectivity index (χ1) is 8.72. The molecule has 3 rings (SSSR count). The lowest BCUT2D eigenvalue weighted by atomic mass is 9.98. The quantitative estimate of drug-likeness (QED) is 0.928. The van der Waals surface area contributed by atoms with Gasteiger partial charge in [0.15, 0.2) is 5.89 Å². The number of hydrogen-bond acceptors (Lipinski definition) is 3. The van der Waals surface area contributed by atoms with E-state index >= 15 is 0 Å². The van der Waals surface area contributed by atoms with Gasteiger partial charge in [-0.15, -0.1) is 0 Å². The van der Waals surface area contributed by atoms with E-state index in [0.717, 1.165) is 47.5 Å². The third kappa shape index (κ3) is 2.35. The maximum absolute atomic E-state index is 5.95. The minimum atomic E-state index is 0.235. The van der Waals surface area contributed by atoms with Crippen LogP contribution in [0, 0.1) is 0 Å². The highest BCUT2D eigenvalue weighted by atomic mass is 79.9. The van der Waals surface area contributed by atoms with Crippen molar-refractivity contribution in [2.45, 2.75) is 31.7 Å². The van der Waals surface area contributed by atoms with Crippen molar-refractivity contribution < 1.29 is 4.42 Å². The zero-order chi connectivity index (χ0) is 12.5. The molecule has 2 N–H and O–H groups in total. The van der Waals surface area contributed by atoms with Gasteiger partial charge in [-0.05, 0) is 18.1 Å². The molecule has 1 heterocycles. The summed E-state index contributed by atoms with van der Waals surface area (Å²) in [5.41, 5.74) is 8.19. The Bertz CT molecular complexity index is 565. The van der Waals surface area contributed by atoms with E-state index in [1.165, 1.54) is 5.56 Å². The number of aromatic nitrogens is 1. The molecule has 0 saturated carbocycles. The first kappa shape index (κ1) is 11.9. The lowest BCUT2D eigenvalue weighted by molar-refractivity contribution is 0.433. The van der Waals surface area contributed by atoms with E-state index in [-0.39, 0.29) is 6.04 Å².